The van der Waals surface area contributed by atoms with Crippen molar-refractivity contribution in [1.29, 1.82) is 0 Å². The van der Waals surface area contributed by atoms with Gasteiger partial charge in [0.05, 0.1) is 5.69 Å². The maximum Gasteiger partial charge on any atom is 0.259 e. The Kier molecular flexibility index (Phi) is 7.32. The predicted molar refractivity (Wildman–Crippen MR) is 138 cm³/mol. The molecule has 3 aromatic carbocycles. The van der Waals surface area contributed by atoms with Crippen LogP contribution in [0.3, 0.4) is 0 Å². The molecule has 176 valence electrons. The van der Waals surface area contributed by atoms with Gasteiger partial charge in [-0.25, -0.2) is 0 Å². The summed E-state index contributed by atoms with van der Waals surface area (Å²) in [4.78, 5) is 42.7. The highest BCUT2D eigenvalue weighted by Gasteiger charge is 2.34. The summed E-state index contributed by atoms with van der Waals surface area (Å²) in [6.07, 6.45) is 1.85. The highest BCUT2D eigenvalue weighted by Crippen LogP contribution is 2.37. The van der Waals surface area contributed by atoms with E-state index in [0.29, 0.717) is 12.1 Å². The van der Waals surface area contributed by atoms with Crippen molar-refractivity contribution in [3.8, 4) is 0 Å². The predicted octanol–water partition coefficient (Wildman–Crippen LogP) is 4.90. The number of hydrogen-bond acceptors (Lipinski definition) is 3. The highest BCUT2D eigenvalue weighted by atomic mass is 79.9. The standard InChI is InChI=1S/C27H28BrN3O3/c1-3-4-14-29-26(33)18(2)30(16-19-8-5-11-21(28)15-19)24(32)17-31-23-13-7-10-20-9-6-12-22(25(20)23)27(31)34/h5-13,15,18H,3-4,14,16-17H2,1-2H3,(H,29,33)/t18-/m0/s1. The summed E-state index contributed by atoms with van der Waals surface area (Å²) in [5.41, 5.74) is 2.23. The molecule has 1 aliphatic heterocycles. The molecule has 3 amide bonds. The number of nitrogens with one attached hydrogen (secondary N) is 1. The van der Waals surface area contributed by atoms with Crippen molar-refractivity contribution in [3.63, 3.8) is 0 Å². The lowest BCUT2D eigenvalue weighted by molar-refractivity contribution is -0.139. The molecule has 7 heteroatoms. The maximum atomic E-state index is 13.6. The van der Waals surface area contributed by atoms with E-state index in [1.807, 2.05) is 54.6 Å². The Bertz CT molecular complexity index is 1240. The van der Waals surface area contributed by atoms with Crippen molar-refractivity contribution in [2.24, 2.45) is 0 Å². The minimum absolute atomic E-state index is 0.132. The van der Waals surface area contributed by atoms with E-state index >= 15 is 0 Å². The third-order valence-corrected chi connectivity index (χ3v) is 6.67. The Morgan fingerprint density at radius 1 is 1.09 bits per heavy atom. The number of carbonyl (C=O) groups is 3. The molecule has 0 bridgehead atoms. The molecule has 0 saturated carbocycles. The first-order valence-corrected chi connectivity index (χ1v) is 12.3. The lowest BCUT2D eigenvalue weighted by Gasteiger charge is -2.30. The summed E-state index contributed by atoms with van der Waals surface area (Å²) in [6.45, 7) is 4.50. The molecular formula is C27H28BrN3O3. The maximum absolute atomic E-state index is 13.6. The molecule has 1 heterocycles. The van der Waals surface area contributed by atoms with E-state index in [2.05, 4.69) is 28.2 Å². The first-order valence-electron chi connectivity index (χ1n) is 11.6. The van der Waals surface area contributed by atoms with E-state index in [1.165, 1.54) is 4.90 Å². The zero-order valence-electron chi connectivity index (χ0n) is 19.4. The molecule has 0 aromatic heterocycles. The first kappa shape index (κ1) is 24.0. The molecule has 34 heavy (non-hydrogen) atoms. The van der Waals surface area contributed by atoms with E-state index in [1.54, 1.807) is 17.9 Å². The van der Waals surface area contributed by atoms with Crippen LogP contribution in [0.25, 0.3) is 10.8 Å². The second kappa shape index (κ2) is 10.4. The SMILES string of the molecule is CCCCNC(=O)[C@H](C)N(Cc1cccc(Br)c1)C(=O)CN1C(=O)c2cccc3cccc1c23. The van der Waals surface area contributed by atoms with Crippen LogP contribution in [0.5, 0.6) is 0 Å². The lowest BCUT2D eigenvalue weighted by Crippen LogP contribution is -2.51. The normalized spacial score (nSPS) is 13.3. The zero-order chi connectivity index (χ0) is 24.2. The van der Waals surface area contributed by atoms with Gasteiger partial charge in [0.2, 0.25) is 11.8 Å². The molecule has 0 aliphatic carbocycles. The third-order valence-electron chi connectivity index (χ3n) is 6.18. The Hall–Kier alpha value is -3.19. The number of benzene rings is 3. The van der Waals surface area contributed by atoms with Gasteiger partial charge in [0.25, 0.3) is 5.91 Å². The van der Waals surface area contributed by atoms with Crippen molar-refractivity contribution in [1.82, 2.24) is 10.2 Å². The van der Waals surface area contributed by atoms with Crippen molar-refractivity contribution in [2.75, 3.05) is 18.0 Å². The summed E-state index contributed by atoms with van der Waals surface area (Å²) in [5.74, 6) is -0.672. The average Bonchev–Trinajstić information content (AvgIpc) is 3.10. The van der Waals surface area contributed by atoms with E-state index in [-0.39, 0.29) is 30.8 Å². The first-order chi connectivity index (χ1) is 16.4. The quantitative estimate of drug-likeness (QED) is 0.407. The van der Waals surface area contributed by atoms with Crippen molar-refractivity contribution in [3.05, 3.63) is 76.3 Å². The number of unbranched alkanes of at least 4 members (excludes halogenated alkanes) is 1. The Balaban J connectivity index is 1.60. The van der Waals surface area contributed by atoms with Crippen LogP contribution in [-0.4, -0.2) is 41.8 Å². The van der Waals surface area contributed by atoms with Gasteiger partial charge >= 0.3 is 0 Å². The van der Waals surface area contributed by atoms with Gasteiger partial charge < -0.3 is 10.2 Å². The second-order valence-electron chi connectivity index (χ2n) is 8.54. The van der Waals surface area contributed by atoms with Gasteiger partial charge in [-0.1, -0.05) is 65.7 Å². The lowest BCUT2D eigenvalue weighted by atomic mass is 10.1. The number of hydrogen-bond donors (Lipinski definition) is 1. The minimum Gasteiger partial charge on any atom is -0.354 e. The van der Waals surface area contributed by atoms with Gasteiger partial charge in [0.1, 0.15) is 12.6 Å². The van der Waals surface area contributed by atoms with E-state index in [0.717, 1.165) is 39.3 Å². The molecule has 3 aromatic rings. The van der Waals surface area contributed by atoms with Crippen LogP contribution in [0.2, 0.25) is 0 Å². The van der Waals surface area contributed by atoms with E-state index in [9.17, 15) is 14.4 Å². The highest BCUT2D eigenvalue weighted by molar-refractivity contribution is 9.10. The Labute approximate surface area is 208 Å². The van der Waals surface area contributed by atoms with Crippen LogP contribution in [0.15, 0.2) is 65.1 Å². The fraction of sp³-hybridized carbons (Fsp3) is 0.296. The molecular weight excluding hydrogens is 494 g/mol. The van der Waals surface area contributed by atoms with Crippen LogP contribution in [0, 0.1) is 0 Å². The topological polar surface area (TPSA) is 69.7 Å². The third kappa shape index (κ3) is 4.85. The minimum atomic E-state index is -0.681. The summed E-state index contributed by atoms with van der Waals surface area (Å²) >= 11 is 3.47. The smallest absolute Gasteiger partial charge is 0.259 e. The second-order valence-corrected chi connectivity index (χ2v) is 9.46. The Morgan fingerprint density at radius 2 is 1.82 bits per heavy atom. The largest absolute Gasteiger partial charge is 0.354 e. The molecule has 1 aliphatic rings. The number of halogens is 1. The van der Waals surface area contributed by atoms with Crippen LogP contribution in [0.1, 0.15) is 42.6 Å². The van der Waals surface area contributed by atoms with Gasteiger partial charge in [-0.05, 0) is 48.6 Å². The Morgan fingerprint density at radius 3 is 2.56 bits per heavy atom. The van der Waals surface area contributed by atoms with Gasteiger partial charge in [0, 0.05) is 28.5 Å². The van der Waals surface area contributed by atoms with Crippen LogP contribution < -0.4 is 10.2 Å². The van der Waals surface area contributed by atoms with Gasteiger partial charge in [-0.3, -0.25) is 19.3 Å². The van der Waals surface area contributed by atoms with Crippen molar-refractivity contribution in [2.45, 2.75) is 39.3 Å². The summed E-state index contributed by atoms with van der Waals surface area (Å²) < 4.78 is 0.897. The van der Waals surface area contributed by atoms with E-state index < -0.39 is 6.04 Å². The summed E-state index contributed by atoms with van der Waals surface area (Å²) in [7, 11) is 0. The number of nitrogens with zero attached hydrogens (tertiary/aromatic N) is 2. The van der Waals surface area contributed by atoms with Crippen molar-refractivity contribution >= 4 is 50.1 Å². The van der Waals surface area contributed by atoms with E-state index in [4.69, 9.17) is 0 Å². The van der Waals surface area contributed by atoms with Crippen LogP contribution in [-0.2, 0) is 16.1 Å². The fourth-order valence-corrected chi connectivity index (χ4v) is 4.76. The zero-order valence-corrected chi connectivity index (χ0v) is 21.0. The number of amides is 3. The molecule has 0 unspecified atom stereocenters. The molecule has 0 saturated heterocycles. The van der Waals surface area contributed by atoms with Crippen molar-refractivity contribution < 1.29 is 14.4 Å². The van der Waals surface area contributed by atoms with Gasteiger partial charge in [0.15, 0.2) is 0 Å². The number of anilines is 1. The molecule has 4 rings (SSSR count). The molecule has 1 atom stereocenters. The molecule has 6 nitrogen and oxygen atoms in total. The average molecular weight is 522 g/mol. The fourth-order valence-electron chi connectivity index (χ4n) is 4.31. The van der Waals surface area contributed by atoms with Gasteiger partial charge in [-0.15, -0.1) is 0 Å². The monoisotopic (exact) mass is 521 g/mol. The van der Waals surface area contributed by atoms with Crippen LogP contribution in [0.4, 0.5) is 5.69 Å². The number of rotatable bonds is 9. The van der Waals surface area contributed by atoms with Crippen LogP contribution >= 0.6 is 15.9 Å². The number of carbonyl (C=O) groups excluding carboxylic acids is 3. The summed E-state index contributed by atoms with van der Waals surface area (Å²) in [5, 5.41) is 4.76. The molecule has 0 fully saturated rings. The summed E-state index contributed by atoms with van der Waals surface area (Å²) in [6, 6.07) is 18.3. The molecule has 1 N–H and O–H groups in total. The molecule has 0 radical (unpaired) electrons. The van der Waals surface area contributed by atoms with Gasteiger partial charge in [-0.2, -0.15) is 0 Å². The molecule has 0 spiro atoms.